The van der Waals surface area contributed by atoms with E-state index in [4.69, 9.17) is 5.73 Å². The van der Waals surface area contributed by atoms with E-state index in [-0.39, 0.29) is 5.78 Å². The van der Waals surface area contributed by atoms with Crippen LogP contribution in [0.3, 0.4) is 0 Å². The number of rotatable bonds is 4. The van der Waals surface area contributed by atoms with Gasteiger partial charge in [0.25, 0.3) is 0 Å². The Labute approximate surface area is 73.5 Å². The van der Waals surface area contributed by atoms with E-state index in [2.05, 4.69) is 6.58 Å². The lowest BCUT2D eigenvalue weighted by atomic mass is 10.1. The van der Waals surface area contributed by atoms with Crippen molar-refractivity contribution in [1.82, 2.24) is 0 Å². The Morgan fingerprint density at radius 2 is 2.17 bits per heavy atom. The molecule has 0 fully saturated rings. The summed E-state index contributed by atoms with van der Waals surface area (Å²) in [5.74, 6) is 0.0631. The average molecular weight is 165 g/mol. The summed E-state index contributed by atoms with van der Waals surface area (Å²) >= 11 is 0. The van der Waals surface area contributed by atoms with Gasteiger partial charge in [-0.25, -0.2) is 0 Å². The van der Waals surface area contributed by atoms with E-state index in [1.54, 1.807) is 25.2 Å². The molecule has 0 saturated carbocycles. The molecule has 0 aromatic heterocycles. The van der Waals surface area contributed by atoms with Crippen LogP contribution in [-0.2, 0) is 4.79 Å². The topological polar surface area (TPSA) is 43.1 Å². The van der Waals surface area contributed by atoms with E-state index in [9.17, 15) is 4.79 Å². The Morgan fingerprint density at radius 3 is 2.50 bits per heavy atom. The van der Waals surface area contributed by atoms with Gasteiger partial charge in [0.1, 0.15) is 0 Å². The Balaban J connectivity index is 4.70. The number of carbonyl (C=O) groups excluding carboxylic acids is 1. The molecule has 0 heterocycles. The second-order valence-corrected chi connectivity index (χ2v) is 2.34. The van der Waals surface area contributed by atoms with Crippen LogP contribution >= 0.6 is 0 Å². The summed E-state index contributed by atoms with van der Waals surface area (Å²) in [6, 6.07) is 0. The fourth-order valence-electron chi connectivity index (χ4n) is 0.896. The van der Waals surface area contributed by atoms with E-state index in [0.29, 0.717) is 17.7 Å². The molecule has 2 N–H and O–H groups in total. The van der Waals surface area contributed by atoms with E-state index >= 15 is 0 Å². The van der Waals surface area contributed by atoms with Gasteiger partial charge in [-0.1, -0.05) is 25.7 Å². The van der Waals surface area contributed by atoms with Crippen LogP contribution < -0.4 is 5.73 Å². The molecule has 0 aromatic rings. The molecule has 0 atom stereocenters. The molecule has 2 heteroatoms. The van der Waals surface area contributed by atoms with E-state index in [1.807, 2.05) is 6.92 Å². The molecular formula is C10H15NO. The average Bonchev–Trinajstić information content (AvgIpc) is 2.06. The number of hydrogen-bond donors (Lipinski definition) is 1. The molecule has 12 heavy (non-hydrogen) atoms. The third-order valence-electron chi connectivity index (χ3n) is 1.52. The molecule has 0 amide bonds. The van der Waals surface area contributed by atoms with Crippen molar-refractivity contribution in [2.75, 3.05) is 0 Å². The van der Waals surface area contributed by atoms with Crippen molar-refractivity contribution in [3.05, 3.63) is 36.1 Å². The van der Waals surface area contributed by atoms with Crippen LogP contribution in [0, 0.1) is 0 Å². The maximum atomic E-state index is 11.2. The summed E-state index contributed by atoms with van der Waals surface area (Å²) < 4.78 is 0. The van der Waals surface area contributed by atoms with Crippen molar-refractivity contribution < 1.29 is 4.79 Å². The zero-order valence-corrected chi connectivity index (χ0v) is 7.63. The highest BCUT2D eigenvalue weighted by Gasteiger charge is 2.07. The van der Waals surface area contributed by atoms with Crippen molar-refractivity contribution in [3.8, 4) is 0 Å². The second kappa shape index (κ2) is 5.35. The number of carbonyl (C=O) groups is 1. The lowest BCUT2D eigenvalue weighted by Crippen LogP contribution is -2.09. The summed E-state index contributed by atoms with van der Waals surface area (Å²) in [4.78, 5) is 11.2. The summed E-state index contributed by atoms with van der Waals surface area (Å²) in [6.45, 7) is 7.12. The molecule has 2 nitrogen and oxygen atoms in total. The quantitative estimate of drug-likeness (QED) is 0.511. The van der Waals surface area contributed by atoms with E-state index < -0.39 is 0 Å². The first kappa shape index (κ1) is 10.7. The van der Waals surface area contributed by atoms with Crippen molar-refractivity contribution in [2.45, 2.75) is 20.3 Å². The minimum atomic E-state index is 0.0631. The summed E-state index contributed by atoms with van der Waals surface area (Å²) in [7, 11) is 0. The molecule has 0 aliphatic rings. The van der Waals surface area contributed by atoms with Crippen molar-refractivity contribution in [3.63, 3.8) is 0 Å². The highest BCUT2D eigenvalue weighted by molar-refractivity contribution is 5.98. The summed E-state index contributed by atoms with van der Waals surface area (Å²) in [5, 5.41) is 0. The Kier molecular flexibility index (Phi) is 4.77. The second-order valence-electron chi connectivity index (χ2n) is 2.34. The minimum Gasteiger partial charge on any atom is -0.398 e. The van der Waals surface area contributed by atoms with Crippen LogP contribution in [-0.4, -0.2) is 5.78 Å². The minimum absolute atomic E-state index is 0.0631. The van der Waals surface area contributed by atoms with Gasteiger partial charge in [-0.2, -0.15) is 0 Å². The Morgan fingerprint density at radius 1 is 1.58 bits per heavy atom. The van der Waals surface area contributed by atoms with E-state index in [0.717, 1.165) is 0 Å². The van der Waals surface area contributed by atoms with Gasteiger partial charge < -0.3 is 5.73 Å². The normalized spacial score (nSPS) is 12.8. The van der Waals surface area contributed by atoms with Gasteiger partial charge in [-0.05, 0) is 13.0 Å². The number of allylic oxidation sites excluding steroid dienone is 4. The number of ketones is 1. The van der Waals surface area contributed by atoms with Crippen LogP contribution in [0.25, 0.3) is 0 Å². The van der Waals surface area contributed by atoms with Crippen molar-refractivity contribution in [2.24, 2.45) is 5.73 Å². The van der Waals surface area contributed by atoms with Crippen LogP contribution in [0.15, 0.2) is 36.1 Å². The molecule has 0 bridgehead atoms. The highest BCUT2D eigenvalue weighted by atomic mass is 16.1. The van der Waals surface area contributed by atoms with Crippen LogP contribution in [0.5, 0.6) is 0 Å². The first-order valence-corrected chi connectivity index (χ1v) is 3.95. The highest BCUT2D eigenvalue weighted by Crippen LogP contribution is 2.07. The lowest BCUT2D eigenvalue weighted by Gasteiger charge is -2.02. The molecule has 0 unspecified atom stereocenters. The SMILES string of the molecule is C=C/C=C(N)\C(=C/C)C(=O)CC. The molecule has 0 saturated heterocycles. The largest absolute Gasteiger partial charge is 0.398 e. The van der Waals surface area contributed by atoms with Crippen LogP contribution in [0.4, 0.5) is 0 Å². The van der Waals surface area contributed by atoms with Gasteiger partial charge >= 0.3 is 0 Å². The standard InChI is InChI=1S/C10H15NO/c1-4-7-9(11)8(5-2)10(12)6-3/h4-5,7H,1,6,11H2,2-3H3/b8-5+,9-7+. The van der Waals surface area contributed by atoms with Gasteiger partial charge in [-0.15, -0.1) is 0 Å². The molecular weight excluding hydrogens is 150 g/mol. The van der Waals surface area contributed by atoms with E-state index in [1.165, 1.54) is 0 Å². The predicted octanol–water partition coefficient (Wildman–Crippen LogP) is 1.94. The predicted molar refractivity (Wildman–Crippen MR) is 51.5 cm³/mol. The zero-order valence-electron chi connectivity index (χ0n) is 7.63. The molecule has 0 aliphatic heterocycles. The molecule has 0 spiro atoms. The van der Waals surface area contributed by atoms with Gasteiger partial charge in [0.2, 0.25) is 0 Å². The zero-order chi connectivity index (χ0) is 9.56. The molecule has 0 radical (unpaired) electrons. The molecule has 0 aliphatic carbocycles. The van der Waals surface area contributed by atoms with Gasteiger partial charge in [0.05, 0.1) is 0 Å². The number of Topliss-reactive ketones (excluding diaryl/α,β-unsaturated/α-hetero) is 1. The molecule has 66 valence electrons. The molecule has 0 rings (SSSR count). The Bertz CT molecular complexity index is 236. The van der Waals surface area contributed by atoms with Crippen molar-refractivity contribution in [1.29, 1.82) is 0 Å². The third kappa shape index (κ3) is 2.74. The van der Waals surface area contributed by atoms with Gasteiger partial charge in [-0.3, -0.25) is 4.79 Å². The van der Waals surface area contributed by atoms with Crippen LogP contribution in [0.1, 0.15) is 20.3 Å². The Hall–Kier alpha value is -1.31. The van der Waals surface area contributed by atoms with Gasteiger partial charge in [0, 0.05) is 17.7 Å². The number of hydrogen-bond acceptors (Lipinski definition) is 2. The summed E-state index contributed by atoms with van der Waals surface area (Å²) in [6.07, 6.45) is 5.40. The fourth-order valence-corrected chi connectivity index (χ4v) is 0.896. The third-order valence-corrected chi connectivity index (χ3v) is 1.52. The maximum absolute atomic E-state index is 11.2. The van der Waals surface area contributed by atoms with Crippen molar-refractivity contribution >= 4 is 5.78 Å². The smallest absolute Gasteiger partial charge is 0.164 e. The summed E-state index contributed by atoms with van der Waals surface area (Å²) in [5.41, 5.74) is 6.68. The fraction of sp³-hybridized carbons (Fsp3) is 0.300. The van der Waals surface area contributed by atoms with Crippen LogP contribution in [0.2, 0.25) is 0 Å². The molecule has 0 aromatic carbocycles. The van der Waals surface area contributed by atoms with Gasteiger partial charge in [0.15, 0.2) is 5.78 Å². The maximum Gasteiger partial charge on any atom is 0.164 e. The first-order chi connectivity index (χ1) is 5.67. The monoisotopic (exact) mass is 165 g/mol. The first-order valence-electron chi connectivity index (χ1n) is 3.95. The lowest BCUT2D eigenvalue weighted by molar-refractivity contribution is -0.115. The number of nitrogens with two attached hydrogens (primary N) is 1.